The first-order valence-electron chi connectivity index (χ1n) is 6.30. The monoisotopic (exact) mass is 339 g/mol. The van der Waals surface area contributed by atoms with Crippen molar-refractivity contribution < 1.29 is 9.53 Å². The molecule has 0 saturated heterocycles. The van der Waals surface area contributed by atoms with Gasteiger partial charge in [0.15, 0.2) is 12.0 Å². The molecule has 0 radical (unpaired) electrons. The van der Waals surface area contributed by atoms with Gasteiger partial charge in [0.1, 0.15) is 5.75 Å². The Hall–Kier alpha value is -1.56. The van der Waals surface area contributed by atoms with Crippen molar-refractivity contribution >= 4 is 27.8 Å². The lowest BCUT2D eigenvalue weighted by Crippen LogP contribution is -2.46. The molecule has 0 aliphatic carbocycles. The molecule has 1 aromatic rings. The average molecular weight is 340 g/mol. The second-order valence-corrected chi connectivity index (χ2v) is 6.49. The van der Waals surface area contributed by atoms with Crippen molar-refractivity contribution in [2.45, 2.75) is 32.4 Å². The highest BCUT2D eigenvalue weighted by molar-refractivity contribution is 9.10. The summed E-state index contributed by atoms with van der Waals surface area (Å²) in [4.78, 5) is 16.4. The standard InChI is InChI=1S/C14H18BrN3O2/c1-14(2,3)18-13-16-11(12(19)17-13)8-5-6-10(20-4)9(15)7-8/h5-7,11H,1-4H3,(H2,16,17,18,19). The van der Waals surface area contributed by atoms with Gasteiger partial charge in [0.2, 0.25) is 0 Å². The van der Waals surface area contributed by atoms with Crippen molar-refractivity contribution in [1.29, 1.82) is 0 Å². The van der Waals surface area contributed by atoms with E-state index < -0.39 is 6.04 Å². The molecule has 1 atom stereocenters. The molecule has 0 bridgehead atoms. The first-order chi connectivity index (χ1) is 9.30. The second kappa shape index (κ2) is 5.44. The summed E-state index contributed by atoms with van der Waals surface area (Å²) in [6, 6.07) is 4.99. The number of aliphatic imine (C=N–C) groups is 1. The molecule has 1 amide bonds. The third-order valence-corrected chi connectivity index (χ3v) is 3.35. The van der Waals surface area contributed by atoms with Crippen LogP contribution in [-0.4, -0.2) is 24.5 Å². The number of hydrogen-bond donors (Lipinski definition) is 2. The maximum atomic E-state index is 12.0. The van der Waals surface area contributed by atoms with Gasteiger partial charge in [-0.05, 0) is 54.4 Å². The molecular weight excluding hydrogens is 322 g/mol. The van der Waals surface area contributed by atoms with Crippen molar-refractivity contribution in [3.63, 3.8) is 0 Å². The molecule has 0 aromatic heterocycles. The molecule has 1 unspecified atom stereocenters. The summed E-state index contributed by atoms with van der Waals surface area (Å²) in [6.07, 6.45) is 0. The summed E-state index contributed by atoms with van der Waals surface area (Å²) in [6.45, 7) is 6.04. The highest BCUT2D eigenvalue weighted by atomic mass is 79.9. The van der Waals surface area contributed by atoms with E-state index in [4.69, 9.17) is 4.74 Å². The van der Waals surface area contributed by atoms with Crippen molar-refractivity contribution in [3.05, 3.63) is 28.2 Å². The molecule has 2 N–H and O–H groups in total. The summed E-state index contributed by atoms with van der Waals surface area (Å²) in [7, 11) is 1.60. The minimum atomic E-state index is -0.526. The number of benzene rings is 1. The average Bonchev–Trinajstić information content (AvgIpc) is 2.67. The Labute approximate surface area is 126 Å². The van der Waals surface area contributed by atoms with Crippen LogP contribution >= 0.6 is 15.9 Å². The second-order valence-electron chi connectivity index (χ2n) is 5.64. The zero-order valence-corrected chi connectivity index (χ0v) is 13.5. The highest BCUT2D eigenvalue weighted by Crippen LogP contribution is 2.30. The number of halogens is 1. The lowest BCUT2D eigenvalue weighted by Gasteiger charge is -2.21. The Morgan fingerprint density at radius 3 is 2.65 bits per heavy atom. The number of nitrogens with zero attached hydrogens (tertiary/aromatic N) is 1. The Balaban J connectivity index is 2.24. The molecule has 0 fully saturated rings. The number of methoxy groups -OCH3 is 1. The number of hydrogen-bond acceptors (Lipinski definition) is 4. The van der Waals surface area contributed by atoms with Gasteiger partial charge in [-0.1, -0.05) is 6.07 Å². The van der Waals surface area contributed by atoms with E-state index in [1.165, 1.54) is 0 Å². The third-order valence-electron chi connectivity index (χ3n) is 2.73. The molecule has 0 saturated carbocycles. The van der Waals surface area contributed by atoms with Crippen LogP contribution in [0.4, 0.5) is 0 Å². The first-order valence-corrected chi connectivity index (χ1v) is 7.10. The van der Waals surface area contributed by atoms with Gasteiger partial charge in [-0.3, -0.25) is 10.1 Å². The summed E-state index contributed by atoms with van der Waals surface area (Å²) >= 11 is 3.42. The quantitative estimate of drug-likeness (QED) is 0.869. The number of nitrogens with one attached hydrogen (secondary N) is 2. The Morgan fingerprint density at radius 2 is 2.10 bits per heavy atom. The minimum Gasteiger partial charge on any atom is -0.496 e. The zero-order valence-electron chi connectivity index (χ0n) is 12.0. The van der Waals surface area contributed by atoms with Gasteiger partial charge in [0.25, 0.3) is 5.91 Å². The van der Waals surface area contributed by atoms with E-state index in [0.29, 0.717) is 5.96 Å². The number of carbonyl (C=O) groups excluding carboxylic acids is 1. The number of rotatable bonds is 2. The lowest BCUT2D eigenvalue weighted by molar-refractivity contribution is -0.120. The molecule has 20 heavy (non-hydrogen) atoms. The third kappa shape index (κ3) is 3.30. The van der Waals surface area contributed by atoms with Gasteiger partial charge in [-0.2, -0.15) is 0 Å². The van der Waals surface area contributed by atoms with Crippen LogP contribution in [0.2, 0.25) is 0 Å². The highest BCUT2D eigenvalue weighted by Gasteiger charge is 2.29. The van der Waals surface area contributed by atoms with E-state index in [9.17, 15) is 4.79 Å². The SMILES string of the molecule is COc1ccc(C2N=C(NC(C)(C)C)NC2=O)cc1Br. The van der Waals surface area contributed by atoms with Gasteiger partial charge in [-0.25, -0.2) is 4.99 Å². The van der Waals surface area contributed by atoms with Crippen LogP contribution in [0, 0.1) is 0 Å². The number of carbonyl (C=O) groups is 1. The van der Waals surface area contributed by atoms with Gasteiger partial charge in [0, 0.05) is 5.54 Å². The van der Waals surface area contributed by atoms with E-state index in [0.717, 1.165) is 15.8 Å². The fraction of sp³-hybridized carbons (Fsp3) is 0.429. The van der Waals surface area contributed by atoms with Crippen molar-refractivity contribution in [1.82, 2.24) is 10.6 Å². The summed E-state index contributed by atoms with van der Waals surface area (Å²) in [5.41, 5.74) is 0.669. The topological polar surface area (TPSA) is 62.7 Å². The first kappa shape index (κ1) is 14.8. The predicted octanol–water partition coefficient (Wildman–Crippen LogP) is 2.37. The van der Waals surface area contributed by atoms with Gasteiger partial charge >= 0.3 is 0 Å². The fourth-order valence-corrected chi connectivity index (χ4v) is 2.46. The fourth-order valence-electron chi connectivity index (χ4n) is 1.90. The largest absolute Gasteiger partial charge is 0.496 e. The van der Waals surface area contributed by atoms with Crippen LogP contribution in [0.25, 0.3) is 0 Å². The van der Waals surface area contributed by atoms with Gasteiger partial charge < -0.3 is 10.1 Å². The molecule has 1 aliphatic heterocycles. The lowest BCUT2D eigenvalue weighted by atomic mass is 10.1. The van der Waals surface area contributed by atoms with Crippen LogP contribution in [0.5, 0.6) is 5.75 Å². The van der Waals surface area contributed by atoms with Crippen LogP contribution < -0.4 is 15.4 Å². The van der Waals surface area contributed by atoms with Crippen LogP contribution in [-0.2, 0) is 4.79 Å². The summed E-state index contributed by atoms with van der Waals surface area (Å²) in [5, 5.41) is 5.93. The van der Waals surface area contributed by atoms with Crippen molar-refractivity contribution in [2.75, 3.05) is 7.11 Å². The molecule has 1 aliphatic rings. The minimum absolute atomic E-state index is 0.131. The molecule has 1 heterocycles. The smallest absolute Gasteiger partial charge is 0.256 e. The van der Waals surface area contributed by atoms with Gasteiger partial charge in [0.05, 0.1) is 11.6 Å². The van der Waals surface area contributed by atoms with Crippen LogP contribution in [0.15, 0.2) is 27.7 Å². The van der Waals surface area contributed by atoms with Crippen LogP contribution in [0.3, 0.4) is 0 Å². The Kier molecular flexibility index (Phi) is 4.04. The Morgan fingerprint density at radius 1 is 1.40 bits per heavy atom. The van der Waals surface area contributed by atoms with E-state index >= 15 is 0 Å². The van der Waals surface area contributed by atoms with Crippen molar-refractivity contribution in [3.8, 4) is 5.75 Å². The molecule has 5 nitrogen and oxygen atoms in total. The molecular formula is C14H18BrN3O2. The molecule has 6 heteroatoms. The van der Waals surface area contributed by atoms with E-state index in [1.54, 1.807) is 7.11 Å². The Bertz CT molecular complexity index is 564. The van der Waals surface area contributed by atoms with Crippen molar-refractivity contribution in [2.24, 2.45) is 4.99 Å². The molecule has 2 rings (SSSR count). The van der Waals surface area contributed by atoms with E-state index in [2.05, 4.69) is 31.6 Å². The van der Waals surface area contributed by atoms with Gasteiger partial charge in [-0.15, -0.1) is 0 Å². The van der Waals surface area contributed by atoms with E-state index in [-0.39, 0.29) is 11.4 Å². The maximum absolute atomic E-state index is 12.0. The number of amides is 1. The maximum Gasteiger partial charge on any atom is 0.256 e. The zero-order chi connectivity index (χ0) is 14.9. The van der Waals surface area contributed by atoms with Crippen LogP contribution in [0.1, 0.15) is 32.4 Å². The molecule has 108 valence electrons. The number of guanidine groups is 1. The number of ether oxygens (including phenoxy) is 1. The molecule has 0 spiro atoms. The summed E-state index contributed by atoms with van der Waals surface area (Å²) in [5.74, 6) is 1.11. The summed E-state index contributed by atoms with van der Waals surface area (Å²) < 4.78 is 5.98. The normalized spacial score (nSPS) is 18.6. The predicted molar refractivity (Wildman–Crippen MR) is 81.9 cm³/mol. The molecule has 1 aromatic carbocycles. The van der Waals surface area contributed by atoms with E-state index in [1.807, 2.05) is 39.0 Å².